The highest BCUT2D eigenvalue weighted by molar-refractivity contribution is 5.95. The quantitative estimate of drug-likeness (QED) is 0.767. The average Bonchev–Trinajstić information content (AvgIpc) is 3.05. The van der Waals surface area contributed by atoms with Crippen molar-refractivity contribution in [2.24, 2.45) is 11.7 Å². The van der Waals surface area contributed by atoms with Gasteiger partial charge in [0, 0.05) is 12.1 Å². The lowest BCUT2D eigenvalue weighted by Crippen LogP contribution is -2.53. The van der Waals surface area contributed by atoms with Crippen molar-refractivity contribution < 1.29 is 32.2 Å². The summed E-state index contributed by atoms with van der Waals surface area (Å²) in [7, 11) is 0. The van der Waals surface area contributed by atoms with Crippen LogP contribution < -0.4 is 15.4 Å². The molecule has 8 nitrogen and oxygen atoms in total. The van der Waals surface area contributed by atoms with Gasteiger partial charge >= 0.3 is 0 Å². The molecular weight excluding hydrogens is 417 g/mol. The predicted molar refractivity (Wildman–Crippen MR) is 103 cm³/mol. The van der Waals surface area contributed by atoms with E-state index in [1.54, 1.807) is 17.6 Å². The predicted octanol–water partition coefficient (Wildman–Crippen LogP) is 1.74. The van der Waals surface area contributed by atoms with E-state index < -0.39 is 36.0 Å². The van der Waals surface area contributed by atoms with Crippen LogP contribution in [0.4, 0.5) is 19.0 Å². The van der Waals surface area contributed by atoms with Crippen molar-refractivity contribution in [3.63, 3.8) is 0 Å². The van der Waals surface area contributed by atoms with E-state index in [4.69, 9.17) is 15.2 Å². The standard InChI is InChI=1S/C20H21F3N4O4/c1-10(19(24)29)6-11-2-3-12-17(16(11)21)31-5-4-26-7-14(25-20(12)26)27-13(18(22)23)8-30-9-15(27)28/h2-3,7,10,13,18H,4-6,8-9H2,1H3,(H2,24,29)/t10-,13+/m1/s1. The highest BCUT2D eigenvalue weighted by Gasteiger charge is 2.38. The largest absolute Gasteiger partial charge is 0.488 e. The molecule has 0 unspecified atom stereocenters. The summed E-state index contributed by atoms with van der Waals surface area (Å²) >= 11 is 0. The molecule has 0 spiro atoms. The van der Waals surface area contributed by atoms with E-state index in [0.29, 0.717) is 11.4 Å². The highest BCUT2D eigenvalue weighted by atomic mass is 19.3. The Labute approximate surface area is 175 Å². The fourth-order valence-electron chi connectivity index (χ4n) is 3.73. The van der Waals surface area contributed by atoms with Crippen LogP contribution in [0.5, 0.6) is 5.75 Å². The number of nitrogens with two attached hydrogens (primary N) is 1. The van der Waals surface area contributed by atoms with Crippen molar-refractivity contribution in [1.82, 2.24) is 9.55 Å². The van der Waals surface area contributed by atoms with Gasteiger partial charge < -0.3 is 19.8 Å². The summed E-state index contributed by atoms with van der Waals surface area (Å²) in [6, 6.07) is 1.66. The lowest BCUT2D eigenvalue weighted by atomic mass is 9.98. The molecule has 2 atom stereocenters. The summed E-state index contributed by atoms with van der Waals surface area (Å²) in [6.45, 7) is 1.37. The molecule has 31 heavy (non-hydrogen) atoms. The zero-order chi connectivity index (χ0) is 22.3. The summed E-state index contributed by atoms with van der Waals surface area (Å²) in [5.41, 5.74) is 5.87. The molecule has 2 aromatic rings. The topological polar surface area (TPSA) is 99.7 Å². The number of alkyl halides is 2. The first-order chi connectivity index (χ1) is 14.8. The molecule has 166 valence electrons. The molecule has 1 fully saturated rings. The molecular formula is C20H21F3N4O4. The van der Waals surface area contributed by atoms with Crippen LogP contribution in [-0.2, 0) is 27.3 Å². The second kappa shape index (κ2) is 8.22. The van der Waals surface area contributed by atoms with Gasteiger partial charge in [0.25, 0.3) is 12.3 Å². The molecule has 1 aromatic heterocycles. The minimum atomic E-state index is -2.81. The number of fused-ring (bicyclic) bond motifs is 3. The maximum Gasteiger partial charge on any atom is 0.261 e. The van der Waals surface area contributed by atoms with E-state index in [1.165, 1.54) is 12.3 Å². The summed E-state index contributed by atoms with van der Waals surface area (Å²) in [4.78, 5) is 28.9. The lowest BCUT2D eigenvalue weighted by Gasteiger charge is -2.33. The number of carbonyl (C=O) groups is 2. The smallest absolute Gasteiger partial charge is 0.261 e. The molecule has 2 aliphatic rings. The van der Waals surface area contributed by atoms with Crippen molar-refractivity contribution in [3.8, 4) is 17.1 Å². The Morgan fingerprint density at radius 2 is 2.16 bits per heavy atom. The number of carbonyl (C=O) groups excluding carboxylic acids is 2. The Morgan fingerprint density at radius 3 is 2.87 bits per heavy atom. The van der Waals surface area contributed by atoms with Crippen LogP contribution in [0.2, 0.25) is 0 Å². The maximum atomic E-state index is 15.1. The second-order valence-electron chi connectivity index (χ2n) is 7.57. The van der Waals surface area contributed by atoms with Gasteiger partial charge in [-0.1, -0.05) is 13.0 Å². The molecule has 0 radical (unpaired) electrons. The third-order valence-electron chi connectivity index (χ3n) is 5.42. The Kier molecular flexibility index (Phi) is 5.61. The minimum Gasteiger partial charge on any atom is -0.488 e. The van der Waals surface area contributed by atoms with E-state index >= 15 is 4.39 Å². The first-order valence-corrected chi connectivity index (χ1v) is 9.77. The third-order valence-corrected chi connectivity index (χ3v) is 5.42. The second-order valence-corrected chi connectivity index (χ2v) is 7.57. The van der Waals surface area contributed by atoms with E-state index in [0.717, 1.165) is 4.90 Å². The van der Waals surface area contributed by atoms with Crippen LogP contribution in [0, 0.1) is 11.7 Å². The molecule has 2 aliphatic heterocycles. The summed E-state index contributed by atoms with van der Waals surface area (Å²) in [6.07, 6.45) is -1.22. The van der Waals surface area contributed by atoms with Crippen LogP contribution in [0.3, 0.4) is 0 Å². The zero-order valence-corrected chi connectivity index (χ0v) is 16.7. The molecule has 4 rings (SSSR count). The van der Waals surface area contributed by atoms with Crippen LogP contribution in [0.25, 0.3) is 11.4 Å². The molecule has 0 saturated carbocycles. The molecule has 1 saturated heterocycles. The van der Waals surface area contributed by atoms with Gasteiger partial charge in [0.15, 0.2) is 17.4 Å². The van der Waals surface area contributed by atoms with E-state index in [2.05, 4.69) is 4.98 Å². The number of hydrogen-bond acceptors (Lipinski definition) is 5. The third kappa shape index (κ3) is 3.85. The Hall–Kier alpha value is -3.08. The fraction of sp³-hybridized carbons (Fsp3) is 0.450. The molecule has 1 aromatic carbocycles. The number of halogens is 3. The molecule has 2 amide bonds. The van der Waals surface area contributed by atoms with E-state index in [9.17, 15) is 18.4 Å². The number of amides is 2. The normalized spacial score (nSPS) is 19.5. The van der Waals surface area contributed by atoms with Gasteiger partial charge in [-0.3, -0.25) is 14.5 Å². The van der Waals surface area contributed by atoms with Gasteiger partial charge in [-0.25, -0.2) is 18.2 Å². The van der Waals surface area contributed by atoms with Crippen LogP contribution in [-0.4, -0.2) is 53.7 Å². The number of ether oxygens (including phenoxy) is 2. The van der Waals surface area contributed by atoms with Gasteiger partial charge in [-0.05, 0) is 18.1 Å². The van der Waals surface area contributed by atoms with Crippen molar-refractivity contribution in [3.05, 3.63) is 29.7 Å². The van der Waals surface area contributed by atoms with Gasteiger partial charge in [-0.2, -0.15) is 0 Å². The fourth-order valence-corrected chi connectivity index (χ4v) is 3.73. The number of rotatable bonds is 5. The number of benzene rings is 1. The minimum absolute atomic E-state index is 0.0382. The molecule has 0 bridgehead atoms. The molecule has 2 N–H and O–H groups in total. The highest BCUT2D eigenvalue weighted by Crippen LogP contribution is 2.38. The Balaban J connectivity index is 1.74. The molecule has 3 heterocycles. The monoisotopic (exact) mass is 438 g/mol. The van der Waals surface area contributed by atoms with Crippen molar-refractivity contribution >= 4 is 17.6 Å². The summed E-state index contributed by atoms with van der Waals surface area (Å²) in [5, 5.41) is 0. The number of primary amides is 1. The summed E-state index contributed by atoms with van der Waals surface area (Å²) < 4.78 is 54.3. The molecule has 0 aliphatic carbocycles. The van der Waals surface area contributed by atoms with Crippen molar-refractivity contribution in [1.29, 1.82) is 0 Å². The zero-order valence-electron chi connectivity index (χ0n) is 16.7. The van der Waals surface area contributed by atoms with E-state index in [-0.39, 0.29) is 49.9 Å². The number of aromatic nitrogens is 2. The Morgan fingerprint density at radius 1 is 1.39 bits per heavy atom. The van der Waals surface area contributed by atoms with E-state index in [1.807, 2.05) is 0 Å². The van der Waals surface area contributed by atoms with Crippen LogP contribution in [0.1, 0.15) is 12.5 Å². The van der Waals surface area contributed by atoms with Gasteiger partial charge in [0.1, 0.15) is 25.1 Å². The lowest BCUT2D eigenvalue weighted by molar-refractivity contribution is -0.130. The number of morpholine rings is 1. The van der Waals surface area contributed by atoms with Crippen molar-refractivity contribution in [2.75, 3.05) is 24.7 Å². The van der Waals surface area contributed by atoms with Crippen LogP contribution >= 0.6 is 0 Å². The maximum absolute atomic E-state index is 15.1. The first kappa shape index (κ1) is 21.2. The number of hydrogen-bond donors (Lipinski definition) is 1. The molecule has 11 heteroatoms. The SMILES string of the molecule is C[C@H](Cc1ccc2c(c1F)OCCn1cc(N3C(=O)COC[C@H]3C(F)F)nc1-2)C(N)=O. The van der Waals surface area contributed by atoms with Gasteiger partial charge in [-0.15, -0.1) is 0 Å². The number of anilines is 1. The number of nitrogens with zero attached hydrogens (tertiary/aromatic N) is 3. The Bertz CT molecular complexity index is 1030. The van der Waals surface area contributed by atoms with Gasteiger partial charge in [0.05, 0.1) is 18.7 Å². The average molecular weight is 438 g/mol. The van der Waals surface area contributed by atoms with Crippen LogP contribution in [0.15, 0.2) is 18.3 Å². The van der Waals surface area contributed by atoms with Gasteiger partial charge in [0.2, 0.25) is 5.91 Å². The van der Waals surface area contributed by atoms with Crippen molar-refractivity contribution in [2.45, 2.75) is 32.4 Å². The summed E-state index contributed by atoms with van der Waals surface area (Å²) in [5.74, 6) is -2.05. The number of imidazole rings is 1. The first-order valence-electron chi connectivity index (χ1n) is 9.77.